The zero-order valence-corrected chi connectivity index (χ0v) is 18.7. The van der Waals surface area contributed by atoms with Gasteiger partial charge in [-0.25, -0.2) is 15.0 Å². The maximum Gasteiger partial charge on any atom is 0.233 e. The van der Waals surface area contributed by atoms with Crippen LogP contribution in [0.3, 0.4) is 0 Å². The zero-order chi connectivity index (χ0) is 20.1. The molecule has 0 unspecified atom stereocenters. The van der Waals surface area contributed by atoms with Crippen LogP contribution in [0.5, 0.6) is 0 Å². The Bertz CT molecular complexity index is 943. The molecule has 0 aliphatic carbocycles. The molecule has 0 atom stereocenters. The van der Waals surface area contributed by atoms with E-state index in [1.807, 2.05) is 35.4 Å². The van der Waals surface area contributed by atoms with Gasteiger partial charge in [-0.05, 0) is 30.9 Å². The molecule has 0 saturated carbocycles. The summed E-state index contributed by atoms with van der Waals surface area (Å²) in [6, 6.07) is 5.96. The summed E-state index contributed by atoms with van der Waals surface area (Å²) < 4.78 is 0. The van der Waals surface area contributed by atoms with Crippen LogP contribution in [0.2, 0.25) is 0 Å². The van der Waals surface area contributed by atoms with E-state index in [0.717, 1.165) is 60.4 Å². The summed E-state index contributed by atoms with van der Waals surface area (Å²) in [6.07, 6.45) is 2.75. The fourth-order valence-electron chi connectivity index (χ4n) is 3.28. The second-order valence-corrected chi connectivity index (χ2v) is 9.81. The Morgan fingerprint density at radius 3 is 2.90 bits per heavy atom. The van der Waals surface area contributed by atoms with Gasteiger partial charge in [0.05, 0.1) is 27.0 Å². The lowest BCUT2D eigenvalue weighted by Crippen LogP contribution is -2.36. The third-order valence-electron chi connectivity index (χ3n) is 4.73. The van der Waals surface area contributed by atoms with Crippen molar-refractivity contribution >= 4 is 40.3 Å². The molecule has 1 aliphatic heterocycles. The highest BCUT2D eigenvalue weighted by Crippen LogP contribution is 2.24. The number of rotatable bonds is 6. The minimum atomic E-state index is 0.159. The minimum Gasteiger partial charge on any atom is -0.341 e. The van der Waals surface area contributed by atoms with Crippen LogP contribution < -0.4 is 0 Å². The zero-order valence-electron chi connectivity index (χ0n) is 16.3. The SMILES string of the molecule is Cc1nc(CN2CCCN(C(=O)CSc3nccc(-c4cccs4)n3)CC2)cs1. The summed E-state index contributed by atoms with van der Waals surface area (Å²) in [5, 5.41) is 5.92. The number of thioether (sulfide) groups is 1. The van der Waals surface area contributed by atoms with Crippen LogP contribution in [0.25, 0.3) is 10.6 Å². The molecule has 9 heteroatoms. The molecule has 0 spiro atoms. The molecule has 3 aromatic heterocycles. The largest absolute Gasteiger partial charge is 0.341 e. The molecule has 152 valence electrons. The number of carbonyl (C=O) groups excluding carboxylic acids is 1. The molecule has 0 radical (unpaired) electrons. The minimum absolute atomic E-state index is 0.159. The molecule has 1 fully saturated rings. The number of carbonyl (C=O) groups is 1. The van der Waals surface area contributed by atoms with E-state index in [1.165, 1.54) is 11.8 Å². The number of amides is 1. The fraction of sp³-hybridized carbons (Fsp3) is 0.400. The first kappa shape index (κ1) is 20.5. The van der Waals surface area contributed by atoms with Crippen molar-refractivity contribution in [1.82, 2.24) is 24.8 Å². The molecule has 3 aromatic rings. The summed E-state index contributed by atoms with van der Waals surface area (Å²) in [4.78, 5) is 31.7. The van der Waals surface area contributed by atoms with Gasteiger partial charge in [0, 0.05) is 44.3 Å². The normalized spacial score (nSPS) is 15.4. The average Bonchev–Trinajstić information content (AvgIpc) is 3.35. The Morgan fingerprint density at radius 1 is 1.17 bits per heavy atom. The summed E-state index contributed by atoms with van der Waals surface area (Å²) in [5.41, 5.74) is 2.04. The van der Waals surface area contributed by atoms with Gasteiger partial charge in [-0.1, -0.05) is 17.8 Å². The Hall–Kier alpha value is -1.81. The van der Waals surface area contributed by atoms with Crippen molar-refractivity contribution in [2.75, 3.05) is 31.9 Å². The van der Waals surface area contributed by atoms with Gasteiger partial charge in [-0.2, -0.15) is 0 Å². The molecule has 29 heavy (non-hydrogen) atoms. The number of hydrogen-bond acceptors (Lipinski definition) is 8. The van der Waals surface area contributed by atoms with E-state index < -0.39 is 0 Å². The lowest BCUT2D eigenvalue weighted by Gasteiger charge is -2.21. The predicted molar refractivity (Wildman–Crippen MR) is 119 cm³/mol. The van der Waals surface area contributed by atoms with Crippen LogP contribution in [-0.4, -0.2) is 62.6 Å². The van der Waals surface area contributed by atoms with Crippen LogP contribution in [0.4, 0.5) is 0 Å². The lowest BCUT2D eigenvalue weighted by atomic mass is 10.3. The second-order valence-electron chi connectivity index (χ2n) is 6.86. The Morgan fingerprint density at radius 2 is 2.10 bits per heavy atom. The van der Waals surface area contributed by atoms with Crippen molar-refractivity contribution in [3.8, 4) is 10.6 Å². The smallest absolute Gasteiger partial charge is 0.233 e. The molecule has 1 amide bonds. The highest BCUT2D eigenvalue weighted by atomic mass is 32.2. The van der Waals surface area contributed by atoms with Gasteiger partial charge in [0.15, 0.2) is 5.16 Å². The van der Waals surface area contributed by atoms with E-state index in [4.69, 9.17) is 0 Å². The fourth-order valence-corrected chi connectivity index (χ4v) is 5.31. The van der Waals surface area contributed by atoms with Gasteiger partial charge in [-0.15, -0.1) is 22.7 Å². The van der Waals surface area contributed by atoms with E-state index >= 15 is 0 Å². The lowest BCUT2D eigenvalue weighted by molar-refractivity contribution is -0.128. The third-order valence-corrected chi connectivity index (χ3v) is 7.29. The van der Waals surface area contributed by atoms with Gasteiger partial charge in [0.25, 0.3) is 0 Å². The van der Waals surface area contributed by atoms with E-state index in [0.29, 0.717) is 10.9 Å². The highest BCUT2D eigenvalue weighted by Gasteiger charge is 2.20. The van der Waals surface area contributed by atoms with Crippen molar-refractivity contribution in [1.29, 1.82) is 0 Å². The number of aromatic nitrogens is 3. The first-order chi connectivity index (χ1) is 14.2. The average molecular weight is 446 g/mol. The van der Waals surface area contributed by atoms with E-state index in [1.54, 1.807) is 28.9 Å². The summed E-state index contributed by atoms with van der Waals surface area (Å²) in [6.45, 7) is 6.36. The van der Waals surface area contributed by atoms with E-state index in [2.05, 4.69) is 25.2 Å². The molecule has 0 aromatic carbocycles. The van der Waals surface area contributed by atoms with Crippen LogP contribution in [0.15, 0.2) is 40.3 Å². The maximum atomic E-state index is 12.7. The van der Waals surface area contributed by atoms with Gasteiger partial charge >= 0.3 is 0 Å². The Labute approximate surface area is 183 Å². The summed E-state index contributed by atoms with van der Waals surface area (Å²) >= 11 is 4.76. The maximum absolute atomic E-state index is 12.7. The molecular formula is C20H23N5OS3. The molecule has 4 rings (SSSR count). The highest BCUT2D eigenvalue weighted by molar-refractivity contribution is 7.99. The molecular weight excluding hydrogens is 422 g/mol. The topological polar surface area (TPSA) is 62.2 Å². The third kappa shape index (κ3) is 5.63. The van der Waals surface area contributed by atoms with E-state index in [-0.39, 0.29) is 5.91 Å². The molecule has 6 nitrogen and oxygen atoms in total. The number of aryl methyl sites for hydroxylation is 1. The Kier molecular flexibility index (Phi) is 6.91. The van der Waals surface area contributed by atoms with Gasteiger partial charge < -0.3 is 4.90 Å². The number of hydrogen-bond donors (Lipinski definition) is 0. The van der Waals surface area contributed by atoms with Crippen molar-refractivity contribution in [3.63, 3.8) is 0 Å². The first-order valence-electron chi connectivity index (χ1n) is 9.58. The van der Waals surface area contributed by atoms with Crippen molar-refractivity contribution in [2.45, 2.75) is 25.0 Å². The summed E-state index contributed by atoms with van der Waals surface area (Å²) in [7, 11) is 0. The van der Waals surface area contributed by atoms with Gasteiger partial charge in [0.1, 0.15) is 0 Å². The van der Waals surface area contributed by atoms with Crippen LogP contribution in [0.1, 0.15) is 17.1 Å². The molecule has 4 heterocycles. The quantitative estimate of drug-likeness (QED) is 0.425. The van der Waals surface area contributed by atoms with Crippen molar-refractivity contribution in [2.24, 2.45) is 0 Å². The number of thiophene rings is 1. The predicted octanol–water partition coefficient (Wildman–Crippen LogP) is 3.80. The van der Waals surface area contributed by atoms with Crippen molar-refractivity contribution < 1.29 is 4.79 Å². The van der Waals surface area contributed by atoms with Gasteiger partial charge in [-0.3, -0.25) is 9.69 Å². The molecule has 1 saturated heterocycles. The standard InChI is InChI=1S/C20H23N5OS3/c1-15-22-16(13-28-15)12-24-7-3-8-25(10-9-24)19(26)14-29-20-21-6-5-17(23-20)18-4-2-11-27-18/h2,4-6,11,13H,3,7-10,12,14H2,1H3. The van der Waals surface area contributed by atoms with Crippen LogP contribution in [-0.2, 0) is 11.3 Å². The van der Waals surface area contributed by atoms with E-state index in [9.17, 15) is 4.79 Å². The first-order valence-corrected chi connectivity index (χ1v) is 12.3. The number of nitrogens with zero attached hydrogens (tertiary/aromatic N) is 5. The summed E-state index contributed by atoms with van der Waals surface area (Å²) in [5.74, 6) is 0.533. The van der Waals surface area contributed by atoms with Crippen LogP contribution >= 0.6 is 34.4 Å². The van der Waals surface area contributed by atoms with Crippen LogP contribution in [0, 0.1) is 6.92 Å². The monoisotopic (exact) mass is 445 g/mol. The molecule has 0 bridgehead atoms. The van der Waals surface area contributed by atoms with Crippen molar-refractivity contribution in [3.05, 3.63) is 45.9 Å². The number of thiazole rings is 1. The molecule has 0 N–H and O–H groups in total. The molecule has 1 aliphatic rings. The Balaban J connectivity index is 1.28. The van der Waals surface area contributed by atoms with Gasteiger partial charge in [0.2, 0.25) is 5.91 Å². The second kappa shape index (κ2) is 9.80.